The molecule has 0 radical (unpaired) electrons. The standard InChI is InChI=1S/C7H5BF4O2/c9-5-3-1-2-4(7(10,11)12)6(5)8(13)14/h1-3,13-14H. The van der Waals surface area contributed by atoms with Crippen molar-refractivity contribution in [2.24, 2.45) is 0 Å². The smallest absolute Gasteiger partial charge is 0.423 e. The van der Waals surface area contributed by atoms with Gasteiger partial charge < -0.3 is 10.0 Å². The van der Waals surface area contributed by atoms with E-state index in [1.807, 2.05) is 0 Å². The number of hydrogen-bond acceptors (Lipinski definition) is 2. The van der Waals surface area contributed by atoms with E-state index >= 15 is 0 Å². The topological polar surface area (TPSA) is 40.5 Å². The molecule has 0 unspecified atom stereocenters. The van der Waals surface area contributed by atoms with Crippen LogP contribution in [0, 0.1) is 5.82 Å². The third kappa shape index (κ3) is 2.05. The second-order valence-electron chi connectivity index (χ2n) is 2.57. The van der Waals surface area contributed by atoms with E-state index in [2.05, 4.69) is 0 Å². The van der Waals surface area contributed by atoms with Crippen LogP contribution >= 0.6 is 0 Å². The van der Waals surface area contributed by atoms with Gasteiger partial charge in [-0.2, -0.15) is 13.2 Å². The van der Waals surface area contributed by atoms with Crippen LogP contribution in [0.2, 0.25) is 0 Å². The molecule has 0 heterocycles. The van der Waals surface area contributed by atoms with E-state index in [1.54, 1.807) is 0 Å². The van der Waals surface area contributed by atoms with Crippen LogP contribution in [0.5, 0.6) is 0 Å². The molecule has 2 N–H and O–H groups in total. The summed E-state index contributed by atoms with van der Waals surface area (Å²) in [6, 6.07) is 2.16. The number of halogens is 4. The van der Waals surface area contributed by atoms with Crippen LogP contribution in [0.3, 0.4) is 0 Å². The lowest BCUT2D eigenvalue weighted by Gasteiger charge is -2.12. The van der Waals surface area contributed by atoms with Gasteiger partial charge in [-0.15, -0.1) is 0 Å². The van der Waals surface area contributed by atoms with Crippen LogP contribution in [-0.4, -0.2) is 17.2 Å². The quantitative estimate of drug-likeness (QED) is 0.521. The lowest BCUT2D eigenvalue weighted by atomic mass is 9.76. The Morgan fingerprint density at radius 2 is 1.71 bits per heavy atom. The molecule has 0 aliphatic carbocycles. The summed E-state index contributed by atoms with van der Waals surface area (Å²) in [5.74, 6) is -1.30. The molecule has 14 heavy (non-hydrogen) atoms. The lowest BCUT2D eigenvalue weighted by Crippen LogP contribution is -2.38. The van der Waals surface area contributed by atoms with Gasteiger partial charge in [0.15, 0.2) is 0 Å². The fourth-order valence-corrected chi connectivity index (χ4v) is 1.05. The second-order valence-corrected chi connectivity index (χ2v) is 2.57. The third-order valence-corrected chi connectivity index (χ3v) is 1.62. The van der Waals surface area contributed by atoms with Crippen molar-refractivity contribution in [2.75, 3.05) is 0 Å². The van der Waals surface area contributed by atoms with E-state index in [1.165, 1.54) is 0 Å². The van der Waals surface area contributed by atoms with Gasteiger partial charge >= 0.3 is 13.3 Å². The zero-order valence-corrected chi connectivity index (χ0v) is 6.72. The first-order chi connectivity index (χ1) is 6.34. The van der Waals surface area contributed by atoms with Gasteiger partial charge in [0, 0.05) is 5.46 Å². The summed E-state index contributed by atoms with van der Waals surface area (Å²) in [5.41, 5.74) is -2.53. The molecule has 1 aromatic carbocycles. The maximum absolute atomic E-state index is 12.8. The van der Waals surface area contributed by atoms with Gasteiger partial charge in [-0.1, -0.05) is 12.1 Å². The number of hydrogen-bond donors (Lipinski definition) is 2. The molecule has 0 fully saturated rings. The minimum Gasteiger partial charge on any atom is -0.423 e. The Kier molecular flexibility index (Phi) is 2.82. The zero-order chi connectivity index (χ0) is 10.9. The number of benzene rings is 1. The zero-order valence-electron chi connectivity index (χ0n) is 6.72. The van der Waals surface area contributed by atoms with Crippen molar-refractivity contribution in [1.29, 1.82) is 0 Å². The summed E-state index contributed by atoms with van der Waals surface area (Å²) in [6.07, 6.45) is -4.80. The van der Waals surface area contributed by atoms with Crippen LogP contribution < -0.4 is 5.46 Å². The number of alkyl halides is 3. The molecule has 0 aromatic heterocycles. The number of rotatable bonds is 1. The summed E-state index contributed by atoms with van der Waals surface area (Å²) in [5, 5.41) is 17.1. The normalized spacial score (nSPS) is 11.6. The van der Waals surface area contributed by atoms with Gasteiger partial charge in [-0.3, -0.25) is 0 Å². The van der Waals surface area contributed by atoms with Crippen molar-refractivity contribution in [3.8, 4) is 0 Å². The highest BCUT2D eigenvalue weighted by atomic mass is 19.4. The Morgan fingerprint density at radius 3 is 2.07 bits per heavy atom. The molecule has 0 saturated heterocycles. The highest BCUT2D eigenvalue weighted by Gasteiger charge is 2.37. The van der Waals surface area contributed by atoms with Gasteiger partial charge in [0.25, 0.3) is 0 Å². The molecular formula is C7H5BF4O2. The fraction of sp³-hybridized carbons (Fsp3) is 0.143. The molecular weight excluding hydrogens is 203 g/mol. The lowest BCUT2D eigenvalue weighted by molar-refractivity contribution is -0.137. The molecule has 0 aliphatic heterocycles. The maximum Gasteiger partial charge on any atom is 0.492 e. The monoisotopic (exact) mass is 208 g/mol. The predicted octanol–water partition coefficient (Wildman–Crippen LogP) is 0.524. The molecule has 0 spiro atoms. The first-order valence-corrected chi connectivity index (χ1v) is 3.56. The van der Waals surface area contributed by atoms with Crippen molar-refractivity contribution in [2.45, 2.75) is 6.18 Å². The van der Waals surface area contributed by atoms with Crippen molar-refractivity contribution in [1.82, 2.24) is 0 Å². The SMILES string of the molecule is OB(O)c1c(F)cccc1C(F)(F)F. The minimum absolute atomic E-state index is 0.581. The summed E-state index contributed by atoms with van der Waals surface area (Å²) in [4.78, 5) is 0. The first kappa shape index (κ1) is 11.0. The minimum atomic E-state index is -4.80. The summed E-state index contributed by atoms with van der Waals surface area (Å²) in [7, 11) is -2.48. The fourth-order valence-electron chi connectivity index (χ4n) is 1.05. The molecule has 0 aliphatic rings. The summed E-state index contributed by atoms with van der Waals surface area (Å²) in [6.45, 7) is 0. The molecule has 0 bridgehead atoms. The first-order valence-electron chi connectivity index (χ1n) is 3.56. The molecule has 2 nitrogen and oxygen atoms in total. The third-order valence-electron chi connectivity index (χ3n) is 1.62. The van der Waals surface area contributed by atoms with Gasteiger partial charge in [0.2, 0.25) is 0 Å². The molecule has 0 atom stereocenters. The molecule has 0 amide bonds. The van der Waals surface area contributed by atoms with Gasteiger partial charge in [-0.05, 0) is 6.07 Å². The average Bonchev–Trinajstić information content (AvgIpc) is 2.01. The predicted molar refractivity (Wildman–Crippen MR) is 41.2 cm³/mol. The van der Waals surface area contributed by atoms with Crippen molar-refractivity contribution in [3.05, 3.63) is 29.6 Å². The van der Waals surface area contributed by atoms with E-state index in [9.17, 15) is 17.6 Å². The van der Waals surface area contributed by atoms with Crippen molar-refractivity contribution >= 4 is 12.6 Å². The second kappa shape index (κ2) is 3.59. The van der Waals surface area contributed by atoms with Gasteiger partial charge in [0.1, 0.15) is 5.82 Å². The Labute approximate surface area is 76.9 Å². The summed E-state index contributed by atoms with van der Waals surface area (Å²) >= 11 is 0. The van der Waals surface area contributed by atoms with Gasteiger partial charge in [0.05, 0.1) is 5.56 Å². The maximum atomic E-state index is 12.8. The summed E-state index contributed by atoms with van der Waals surface area (Å²) < 4.78 is 49.4. The van der Waals surface area contributed by atoms with Crippen LogP contribution in [0.15, 0.2) is 18.2 Å². The average molecular weight is 208 g/mol. The molecule has 76 valence electrons. The Balaban J connectivity index is 3.36. The molecule has 0 saturated carbocycles. The van der Waals surface area contributed by atoms with Crippen molar-refractivity contribution < 1.29 is 27.6 Å². The van der Waals surface area contributed by atoms with Crippen molar-refractivity contribution in [3.63, 3.8) is 0 Å². The van der Waals surface area contributed by atoms with Crippen LogP contribution in [0.1, 0.15) is 5.56 Å². The van der Waals surface area contributed by atoms with E-state index in [4.69, 9.17) is 10.0 Å². The van der Waals surface area contributed by atoms with Gasteiger partial charge in [-0.25, -0.2) is 4.39 Å². The van der Waals surface area contributed by atoms with Crippen LogP contribution in [-0.2, 0) is 6.18 Å². The Hall–Kier alpha value is -1.08. The molecule has 1 aromatic rings. The molecule has 1 rings (SSSR count). The van der Waals surface area contributed by atoms with E-state index in [0.29, 0.717) is 6.07 Å². The highest BCUT2D eigenvalue weighted by molar-refractivity contribution is 6.59. The largest absolute Gasteiger partial charge is 0.492 e. The molecule has 7 heteroatoms. The van der Waals surface area contributed by atoms with E-state index < -0.39 is 30.1 Å². The Bertz CT molecular complexity index is 337. The van der Waals surface area contributed by atoms with E-state index in [0.717, 1.165) is 12.1 Å². The van der Waals surface area contributed by atoms with E-state index in [-0.39, 0.29) is 0 Å². The highest BCUT2D eigenvalue weighted by Crippen LogP contribution is 2.28. The Morgan fingerprint density at radius 1 is 1.14 bits per heavy atom. The van der Waals surface area contributed by atoms with Crippen LogP contribution in [0.4, 0.5) is 17.6 Å². The van der Waals surface area contributed by atoms with Crippen LogP contribution in [0.25, 0.3) is 0 Å².